The van der Waals surface area contributed by atoms with Gasteiger partial charge in [-0.15, -0.1) is 0 Å². The molecule has 1 aromatic heterocycles. The van der Waals surface area contributed by atoms with Crippen LogP contribution >= 0.6 is 0 Å². The molecule has 2 heterocycles. The van der Waals surface area contributed by atoms with Crippen LogP contribution in [0.5, 0.6) is 0 Å². The highest BCUT2D eigenvalue weighted by Gasteiger charge is 2.17. The normalized spacial score (nSPS) is 17.0. The van der Waals surface area contributed by atoms with Crippen LogP contribution in [0.15, 0.2) is 12.4 Å². The summed E-state index contributed by atoms with van der Waals surface area (Å²) in [6, 6.07) is 0. The van der Waals surface area contributed by atoms with Crippen molar-refractivity contribution in [2.45, 2.75) is 39.2 Å². The van der Waals surface area contributed by atoms with Crippen LogP contribution < -0.4 is 10.2 Å². The molecule has 0 aromatic carbocycles. The van der Waals surface area contributed by atoms with Crippen LogP contribution in [0.25, 0.3) is 0 Å². The Balaban J connectivity index is 1.90. The van der Waals surface area contributed by atoms with E-state index < -0.39 is 0 Å². The Labute approximate surface area is 110 Å². The Morgan fingerprint density at radius 3 is 2.94 bits per heavy atom. The molecule has 1 fully saturated rings. The summed E-state index contributed by atoms with van der Waals surface area (Å²) >= 11 is 0. The van der Waals surface area contributed by atoms with E-state index in [1.54, 1.807) is 0 Å². The van der Waals surface area contributed by atoms with Gasteiger partial charge in [-0.25, -0.2) is 4.98 Å². The largest absolute Gasteiger partial charge is 0.345 e. The van der Waals surface area contributed by atoms with Crippen LogP contribution in [-0.4, -0.2) is 36.2 Å². The van der Waals surface area contributed by atoms with Crippen LogP contribution in [0.4, 0.5) is 5.95 Å². The molecule has 1 N–H and O–H groups in total. The summed E-state index contributed by atoms with van der Waals surface area (Å²) < 4.78 is 2.28. The minimum absolute atomic E-state index is 0.813. The first-order valence-electron chi connectivity index (χ1n) is 7.24. The Kier molecular flexibility index (Phi) is 5.05. The number of aromatic nitrogens is 2. The Morgan fingerprint density at radius 1 is 1.44 bits per heavy atom. The first kappa shape index (κ1) is 13.4. The predicted octanol–water partition coefficient (Wildman–Crippen LogP) is 2.12. The molecule has 0 bridgehead atoms. The van der Waals surface area contributed by atoms with E-state index in [2.05, 4.69) is 39.9 Å². The smallest absolute Gasteiger partial charge is 0.205 e. The number of unbranched alkanes of at least 4 members (excludes halogenated alkanes) is 1. The van der Waals surface area contributed by atoms with E-state index in [1.807, 2.05) is 6.20 Å². The lowest BCUT2D eigenvalue weighted by Crippen LogP contribution is -2.35. The molecule has 18 heavy (non-hydrogen) atoms. The fourth-order valence-corrected chi connectivity index (χ4v) is 2.68. The number of anilines is 1. The van der Waals surface area contributed by atoms with Crippen molar-refractivity contribution in [2.24, 2.45) is 5.92 Å². The van der Waals surface area contributed by atoms with Gasteiger partial charge in [-0.3, -0.25) is 0 Å². The summed E-state index contributed by atoms with van der Waals surface area (Å²) in [5, 5.41) is 3.42. The molecule has 2 rings (SSSR count). The van der Waals surface area contributed by atoms with Gasteiger partial charge in [0.15, 0.2) is 0 Å². The number of nitrogens with one attached hydrogen (secondary N) is 1. The Hall–Kier alpha value is -1.03. The number of piperidine rings is 1. The van der Waals surface area contributed by atoms with Gasteiger partial charge in [0.05, 0.1) is 0 Å². The third kappa shape index (κ3) is 3.48. The highest BCUT2D eigenvalue weighted by molar-refractivity contribution is 5.29. The minimum Gasteiger partial charge on any atom is -0.345 e. The molecule has 0 saturated carbocycles. The van der Waals surface area contributed by atoms with E-state index in [0.29, 0.717) is 0 Å². The molecule has 0 atom stereocenters. The minimum atomic E-state index is 0.813. The molecule has 0 unspecified atom stereocenters. The number of hydrogen-bond donors (Lipinski definition) is 1. The summed E-state index contributed by atoms with van der Waals surface area (Å²) in [5.41, 5.74) is 0. The van der Waals surface area contributed by atoms with Crippen molar-refractivity contribution in [2.75, 3.05) is 31.6 Å². The Morgan fingerprint density at radius 2 is 2.22 bits per heavy atom. The molecular weight excluding hydrogens is 224 g/mol. The van der Waals surface area contributed by atoms with Gasteiger partial charge in [-0.05, 0) is 38.3 Å². The fraction of sp³-hybridized carbons (Fsp3) is 0.786. The van der Waals surface area contributed by atoms with Crippen LogP contribution in [0.3, 0.4) is 0 Å². The lowest BCUT2D eigenvalue weighted by molar-refractivity contribution is 0.375. The van der Waals surface area contributed by atoms with Gasteiger partial charge >= 0.3 is 0 Å². The van der Waals surface area contributed by atoms with Gasteiger partial charge in [0.1, 0.15) is 0 Å². The second-order valence-corrected chi connectivity index (χ2v) is 5.35. The van der Waals surface area contributed by atoms with Crippen molar-refractivity contribution in [3.63, 3.8) is 0 Å². The van der Waals surface area contributed by atoms with Gasteiger partial charge in [0, 0.05) is 32.5 Å². The zero-order chi connectivity index (χ0) is 12.8. The first-order valence-corrected chi connectivity index (χ1v) is 7.24. The van der Waals surface area contributed by atoms with Gasteiger partial charge in [0.2, 0.25) is 5.95 Å². The third-order valence-corrected chi connectivity index (χ3v) is 3.78. The lowest BCUT2D eigenvalue weighted by atomic mass is 9.98. The first-order chi connectivity index (χ1) is 8.81. The van der Waals surface area contributed by atoms with E-state index in [4.69, 9.17) is 0 Å². The summed E-state index contributed by atoms with van der Waals surface area (Å²) in [6.45, 7) is 6.79. The fourth-order valence-electron chi connectivity index (χ4n) is 2.68. The van der Waals surface area contributed by atoms with Crippen LogP contribution in [-0.2, 0) is 6.54 Å². The predicted molar refractivity (Wildman–Crippen MR) is 76.0 cm³/mol. The summed E-state index contributed by atoms with van der Waals surface area (Å²) in [4.78, 5) is 6.83. The molecule has 4 heteroatoms. The molecule has 1 aromatic rings. The number of hydrogen-bond acceptors (Lipinski definition) is 3. The maximum atomic E-state index is 4.51. The van der Waals surface area contributed by atoms with E-state index in [9.17, 15) is 0 Å². The number of aryl methyl sites for hydroxylation is 1. The van der Waals surface area contributed by atoms with Crippen LogP contribution in [0.1, 0.15) is 32.6 Å². The van der Waals surface area contributed by atoms with E-state index in [0.717, 1.165) is 25.0 Å². The van der Waals surface area contributed by atoms with Gasteiger partial charge in [0.25, 0.3) is 0 Å². The van der Waals surface area contributed by atoms with Gasteiger partial charge in [-0.2, -0.15) is 0 Å². The SMILES string of the molecule is CCCCn1ccnc1N(C)CC1CCNCC1. The van der Waals surface area contributed by atoms with Crippen LogP contribution in [0.2, 0.25) is 0 Å². The summed E-state index contributed by atoms with van der Waals surface area (Å²) in [6.07, 6.45) is 9.06. The second kappa shape index (κ2) is 6.78. The second-order valence-electron chi connectivity index (χ2n) is 5.35. The van der Waals surface area contributed by atoms with Gasteiger partial charge < -0.3 is 14.8 Å². The maximum Gasteiger partial charge on any atom is 0.205 e. The number of imidazole rings is 1. The molecule has 0 radical (unpaired) electrons. The Bertz CT molecular complexity index is 341. The standard InChI is InChI=1S/C14H26N4/c1-3-4-10-18-11-9-16-14(18)17(2)12-13-5-7-15-8-6-13/h9,11,13,15H,3-8,10,12H2,1-2H3. The summed E-state index contributed by atoms with van der Waals surface area (Å²) in [5.74, 6) is 1.94. The van der Waals surface area contributed by atoms with Crippen LogP contribution in [0, 0.1) is 5.92 Å². The molecule has 0 aliphatic carbocycles. The van der Waals surface area contributed by atoms with E-state index in [-0.39, 0.29) is 0 Å². The van der Waals surface area contributed by atoms with E-state index in [1.165, 1.54) is 38.8 Å². The molecule has 102 valence electrons. The molecule has 0 spiro atoms. The molecule has 1 aliphatic rings. The van der Waals surface area contributed by atoms with Crippen molar-refractivity contribution in [1.82, 2.24) is 14.9 Å². The van der Waals surface area contributed by atoms with Crippen molar-refractivity contribution in [3.05, 3.63) is 12.4 Å². The monoisotopic (exact) mass is 250 g/mol. The van der Waals surface area contributed by atoms with Crippen molar-refractivity contribution in [3.8, 4) is 0 Å². The highest BCUT2D eigenvalue weighted by atomic mass is 15.3. The quantitative estimate of drug-likeness (QED) is 0.839. The average Bonchev–Trinajstić information content (AvgIpc) is 2.86. The molecular formula is C14H26N4. The van der Waals surface area contributed by atoms with Crippen molar-refractivity contribution >= 4 is 5.95 Å². The van der Waals surface area contributed by atoms with Crippen molar-refractivity contribution in [1.29, 1.82) is 0 Å². The molecule has 0 amide bonds. The molecule has 1 saturated heterocycles. The highest BCUT2D eigenvalue weighted by Crippen LogP contribution is 2.17. The number of rotatable bonds is 6. The zero-order valence-corrected chi connectivity index (χ0v) is 11.7. The summed E-state index contributed by atoms with van der Waals surface area (Å²) in [7, 11) is 2.17. The average molecular weight is 250 g/mol. The lowest BCUT2D eigenvalue weighted by Gasteiger charge is -2.28. The number of nitrogens with zero attached hydrogens (tertiary/aromatic N) is 3. The molecule has 4 nitrogen and oxygen atoms in total. The zero-order valence-electron chi connectivity index (χ0n) is 11.7. The van der Waals surface area contributed by atoms with Gasteiger partial charge in [-0.1, -0.05) is 13.3 Å². The topological polar surface area (TPSA) is 33.1 Å². The third-order valence-electron chi connectivity index (χ3n) is 3.78. The van der Waals surface area contributed by atoms with E-state index >= 15 is 0 Å². The van der Waals surface area contributed by atoms with Crippen molar-refractivity contribution < 1.29 is 0 Å². The molecule has 1 aliphatic heterocycles. The maximum absolute atomic E-state index is 4.51.